The summed E-state index contributed by atoms with van der Waals surface area (Å²) in [5, 5.41) is 8.24. The van der Waals surface area contributed by atoms with E-state index in [2.05, 4.69) is 4.98 Å². The highest BCUT2D eigenvalue weighted by molar-refractivity contribution is 7.07. The molecule has 0 N–H and O–H groups in total. The number of rotatable bonds is 0. The van der Waals surface area contributed by atoms with Gasteiger partial charge in [-0.15, -0.1) is 0 Å². The van der Waals surface area contributed by atoms with Gasteiger partial charge in [0.2, 0.25) is 0 Å². The fourth-order valence-electron chi connectivity index (χ4n) is 0.374. The molecule has 0 saturated carbocycles. The molecule has 1 rings (SSSR count). The van der Waals surface area contributed by atoms with Gasteiger partial charge in [-0.3, -0.25) is 9.78 Å². The van der Waals surface area contributed by atoms with E-state index in [0.717, 1.165) is 11.3 Å². The standard InChI is InChI=1S/C5H2N2OS/c6-1-4-2-7-3-9-5(4)8/h2-3H. The van der Waals surface area contributed by atoms with Crippen molar-refractivity contribution in [1.29, 1.82) is 5.26 Å². The average molecular weight is 138 g/mol. The minimum absolute atomic E-state index is 0.113. The zero-order valence-electron chi connectivity index (χ0n) is 4.37. The zero-order valence-corrected chi connectivity index (χ0v) is 5.18. The van der Waals surface area contributed by atoms with Crippen LogP contribution < -0.4 is 4.74 Å². The van der Waals surface area contributed by atoms with E-state index in [9.17, 15) is 4.79 Å². The minimum atomic E-state index is -0.229. The van der Waals surface area contributed by atoms with Crippen LogP contribution in [0.5, 0.6) is 0 Å². The van der Waals surface area contributed by atoms with Crippen molar-refractivity contribution in [2.75, 3.05) is 0 Å². The van der Waals surface area contributed by atoms with Crippen LogP contribution in [-0.4, -0.2) is 4.98 Å². The molecule has 1 aromatic heterocycles. The topological polar surface area (TPSA) is 53.8 Å². The lowest BCUT2D eigenvalue weighted by atomic mass is 10.4. The molecular formula is C5H2N2OS. The molecule has 0 aliphatic carbocycles. The van der Waals surface area contributed by atoms with Gasteiger partial charge >= 0.3 is 0 Å². The minimum Gasteiger partial charge on any atom is -0.276 e. The van der Waals surface area contributed by atoms with Crippen molar-refractivity contribution in [2.45, 2.75) is 0 Å². The van der Waals surface area contributed by atoms with Gasteiger partial charge in [-0.1, -0.05) is 11.3 Å². The smallest absolute Gasteiger partial charge is 0.253 e. The molecule has 0 radical (unpaired) electrons. The molecule has 4 heteroatoms. The molecule has 0 bridgehead atoms. The Labute approximate surface area is 55.2 Å². The molecule has 0 unspecified atom stereocenters. The summed E-state index contributed by atoms with van der Waals surface area (Å²) in [7, 11) is 0. The lowest BCUT2D eigenvalue weighted by molar-refractivity contribution is 1.34. The Morgan fingerprint density at radius 2 is 2.56 bits per heavy atom. The van der Waals surface area contributed by atoms with E-state index < -0.39 is 0 Å². The predicted octanol–water partition coefficient (Wildman–Crippen LogP) is 0.375. The molecule has 0 aliphatic rings. The largest absolute Gasteiger partial charge is 0.276 e. The molecule has 0 saturated heterocycles. The van der Waals surface area contributed by atoms with Crippen LogP contribution in [0.3, 0.4) is 0 Å². The molecule has 44 valence electrons. The van der Waals surface area contributed by atoms with Gasteiger partial charge in [0, 0.05) is 0 Å². The second-order valence-electron chi connectivity index (χ2n) is 1.31. The van der Waals surface area contributed by atoms with Crippen molar-refractivity contribution < 1.29 is 0 Å². The molecular weight excluding hydrogens is 136 g/mol. The Bertz CT molecular complexity index is 298. The average Bonchev–Trinajstić information content (AvgIpc) is 1.89. The Kier molecular flexibility index (Phi) is 1.56. The van der Waals surface area contributed by atoms with Crippen LogP contribution in [0.2, 0.25) is 0 Å². The van der Waals surface area contributed by atoms with Gasteiger partial charge in [0.15, 0.2) is 0 Å². The van der Waals surface area contributed by atoms with Crippen molar-refractivity contribution in [2.24, 2.45) is 0 Å². The van der Waals surface area contributed by atoms with Gasteiger partial charge in [0.25, 0.3) is 4.74 Å². The van der Waals surface area contributed by atoms with Gasteiger partial charge in [0.1, 0.15) is 11.6 Å². The molecule has 1 aromatic rings. The molecule has 0 spiro atoms. The number of hydrogen-bond donors (Lipinski definition) is 0. The molecule has 1 heterocycles. The van der Waals surface area contributed by atoms with Crippen molar-refractivity contribution in [1.82, 2.24) is 4.98 Å². The molecule has 9 heavy (non-hydrogen) atoms. The maximum Gasteiger partial charge on any atom is 0.253 e. The first kappa shape index (κ1) is 5.92. The SMILES string of the molecule is N#Cc1cncsc1=O. The summed E-state index contributed by atoms with van der Waals surface area (Å²) in [6, 6.07) is 1.73. The Morgan fingerprint density at radius 1 is 1.78 bits per heavy atom. The second-order valence-corrected chi connectivity index (χ2v) is 2.13. The Hall–Kier alpha value is -1.21. The van der Waals surface area contributed by atoms with Gasteiger partial charge in [-0.05, 0) is 0 Å². The van der Waals surface area contributed by atoms with E-state index in [-0.39, 0.29) is 10.3 Å². The number of nitriles is 1. The summed E-state index contributed by atoms with van der Waals surface area (Å²) in [4.78, 5) is 14.2. The van der Waals surface area contributed by atoms with Crippen LogP contribution in [0.1, 0.15) is 5.56 Å². The maximum absolute atomic E-state index is 10.6. The van der Waals surface area contributed by atoms with E-state index in [1.165, 1.54) is 11.7 Å². The number of nitrogens with zero attached hydrogens (tertiary/aromatic N) is 2. The van der Waals surface area contributed by atoms with Crippen LogP contribution in [0.4, 0.5) is 0 Å². The number of hydrogen-bond acceptors (Lipinski definition) is 4. The summed E-state index contributed by atoms with van der Waals surface area (Å²) in [5.41, 5.74) is 1.52. The normalized spacial score (nSPS) is 8.33. The first-order chi connectivity index (χ1) is 4.34. The van der Waals surface area contributed by atoms with Crippen LogP contribution in [0, 0.1) is 11.3 Å². The monoisotopic (exact) mass is 138 g/mol. The Balaban J connectivity index is 3.38. The van der Waals surface area contributed by atoms with Gasteiger partial charge in [0.05, 0.1) is 11.7 Å². The highest BCUT2D eigenvalue weighted by Gasteiger charge is 1.92. The summed E-state index contributed by atoms with van der Waals surface area (Å²) < 4.78 is -0.229. The fraction of sp³-hybridized carbons (Fsp3) is 0. The third-order valence-electron chi connectivity index (χ3n) is 0.765. The Morgan fingerprint density at radius 3 is 3.00 bits per heavy atom. The molecule has 0 amide bonds. The first-order valence-corrected chi connectivity index (χ1v) is 3.05. The van der Waals surface area contributed by atoms with E-state index in [1.54, 1.807) is 6.07 Å². The quantitative estimate of drug-likeness (QED) is 0.520. The van der Waals surface area contributed by atoms with E-state index in [4.69, 9.17) is 5.26 Å². The molecule has 0 fully saturated rings. The highest BCUT2D eigenvalue weighted by atomic mass is 32.1. The molecule has 0 aliphatic heterocycles. The third-order valence-corrected chi connectivity index (χ3v) is 1.43. The third kappa shape index (κ3) is 1.12. The lowest BCUT2D eigenvalue weighted by Gasteiger charge is -1.78. The van der Waals surface area contributed by atoms with E-state index >= 15 is 0 Å². The fourth-order valence-corrected chi connectivity index (χ4v) is 0.817. The summed E-state index contributed by atoms with van der Waals surface area (Å²) in [5.74, 6) is 0. The van der Waals surface area contributed by atoms with Gasteiger partial charge in [-0.2, -0.15) is 5.26 Å². The van der Waals surface area contributed by atoms with E-state index in [0.29, 0.717) is 0 Å². The maximum atomic E-state index is 10.6. The van der Waals surface area contributed by atoms with Crippen molar-refractivity contribution >= 4 is 11.3 Å². The summed E-state index contributed by atoms with van der Waals surface area (Å²) in [6.07, 6.45) is 1.26. The molecule has 3 nitrogen and oxygen atoms in total. The number of aromatic nitrogens is 1. The van der Waals surface area contributed by atoms with Crippen LogP contribution >= 0.6 is 11.3 Å². The summed E-state index contributed by atoms with van der Waals surface area (Å²) >= 11 is 0.929. The molecule has 0 aromatic carbocycles. The van der Waals surface area contributed by atoms with Crippen molar-refractivity contribution in [3.8, 4) is 6.07 Å². The molecule has 0 atom stereocenters. The lowest BCUT2D eigenvalue weighted by Crippen LogP contribution is -1.98. The van der Waals surface area contributed by atoms with Gasteiger partial charge in [-0.25, -0.2) is 0 Å². The van der Waals surface area contributed by atoms with E-state index in [1.807, 2.05) is 0 Å². The van der Waals surface area contributed by atoms with Crippen LogP contribution in [0.25, 0.3) is 0 Å². The van der Waals surface area contributed by atoms with Gasteiger partial charge < -0.3 is 0 Å². The van der Waals surface area contributed by atoms with Crippen molar-refractivity contribution in [3.05, 3.63) is 26.8 Å². The van der Waals surface area contributed by atoms with Crippen LogP contribution in [-0.2, 0) is 0 Å². The first-order valence-electron chi connectivity index (χ1n) is 2.17. The predicted molar refractivity (Wildman–Crippen MR) is 33.1 cm³/mol. The van der Waals surface area contributed by atoms with Crippen molar-refractivity contribution in [3.63, 3.8) is 0 Å². The second kappa shape index (κ2) is 2.37. The highest BCUT2D eigenvalue weighted by Crippen LogP contribution is 1.86. The summed E-state index contributed by atoms with van der Waals surface area (Å²) in [6.45, 7) is 0. The van der Waals surface area contributed by atoms with Crippen LogP contribution in [0.15, 0.2) is 16.5 Å². The zero-order chi connectivity index (χ0) is 6.69.